The van der Waals surface area contributed by atoms with Crippen LogP contribution in [0.1, 0.15) is 31.9 Å². The van der Waals surface area contributed by atoms with E-state index in [1.165, 1.54) is 0 Å². The molecule has 26 heavy (non-hydrogen) atoms. The summed E-state index contributed by atoms with van der Waals surface area (Å²) in [5.41, 5.74) is 2.59. The monoisotopic (exact) mass is 342 g/mol. The SMILES string of the molecule is C=CC1(OC(=O)C(C)(C)C)c2ccccc2-c2ccc3ccccc3c21. The Balaban J connectivity index is 2.07. The van der Waals surface area contributed by atoms with Gasteiger partial charge < -0.3 is 4.74 Å². The lowest BCUT2D eigenvalue weighted by atomic mass is 9.87. The van der Waals surface area contributed by atoms with Crippen LogP contribution in [0, 0.1) is 5.41 Å². The lowest BCUT2D eigenvalue weighted by Crippen LogP contribution is -2.35. The molecule has 0 saturated carbocycles. The van der Waals surface area contributed by atoms with Gasteiger partial charge in [0.1, 0.15) is 0 Å². The Morgan fingerprint density at radius 1 is 0.962 bits per heavy atom. The Bertz CT molecular complexity index is 1040. The summed E-state index contributed by atoms with van der Waals surface area (Å²) >= 11 is 0. The van der Waals surface area contributed by atoms with Crippen LogP contribution in [0.5, 0.6) is 0 Å². The Hall–Kier alpha value is -2.87. The van der Waals surface area contributed by atoms with E-state index in [1.807, 2.05) is 51.1 Å². The quantitative estimate of drug-likeness (QED) is 0.432. The average molecular weight is 342 g/mol. The van der Waals surface area contributed by atoms with Gasteiger partial charge in [0, 0.05) is 11.1 Å². The largest absolute Gasteiger partial charge is 0.444 e. The van der Waals surface area contributed by atoms with E-state index in [9.17, 15) is 4.79 Å². The normalized spacial score (nSPS) is 18.3. The topological polar surface area (TPSA) is 26.3 Å². The van der Waals surface area contributed by atoms with Gasteiger partial charge in [-0.2, -0.15) is 0 Å². The van der Waals surface area contributed by atoms with Crippen LogP contribution in [0.4, 0.5) is 0 Å². The van der Waals surface area contributed by atoms with E-state index in [4.69, 9.17) is 4.74 Å². The van der Waals surface area contributed by atoms with E-state index in [1.54, 1.807) is 6.08 Å². The minimum Gasteiger partial charge on any atom is -0.444 e. The zero-order valence-corrected chi connectivity index (χ0v) is 15.4. The zero-order valence-electron chi connectivity index (χ0n) is 15.4. The molecule has 1 aliphatic rings. The Labute approximate surface area is 154 Å². The van der Waals surface area contributed by atoms with Gasteiger partial charge in [0.2, 0.25) is 0 Å². The molecule has 0 radical (unpaired) electrons. The number of rotatable bonds is 2. The third-order valence-corrected chi connectivity index (χ3v) is 5.07. The van der Waals surface area contributed by atoms with Crippen molar-refractivity contribution in [1.29, 1.82) is 0 Å². The Morgan fingerprint density at radius 3 is 2.38 bits per heavy atom. The van der Waals surface area contributed by atoms with Crippen molar-refractivity contribution in [3.05, 3.63) is 84.4 Å². The molecular formula is C24H22O2. The van der Waals surface area contributed by atoms with E-state index in [-0.39, 0.29) is 5.97 Å². The maximum Gasteiger partial charge on any atom is 0.312 e. The van der Waals surface area contributed by atoms with Gasteiger partial charge in [-0.1, -0.05) is 67.2 Å². The van der Waals surface area contributed by atoms with E-state index < -0.39 is 11.0 Å². The number of hydrogen-bond donors (Lipinski definition) is 0. The number of esters is 1. The number of ether oxygens (including phenoxy) is 1. The predicted octanol–water partition coefficient (Wildman–Crippen LogP) is 5.84. The van der Waals surface area contributed by atoms with Gasteiger partial charge in [0.15, 0.2) is 5.60 Å². The highest BCUT2D eigenvalue weighted by molar-refractivity contribution is 5.98. The fourth-order valence-corrected chi connectivity index (χ4v) is 3.73. The molecule has 4 rings (SSSR count). The molecule has 1 atom stereocenters. The van der Waals surface area contributed by atoms with Gasteiger partial charge in [-0.3, -0.25) is 4.79 Å². The fraction of sp³-hybridized carbons (Fsp3) is 0.208. The first-order valence-electron chi connectivity index (χ1n) is 8.87. The molecule has 0 saturated heterocycles. The molecule has 130 valence electrons. The van der Waals surface area contributed by atoms with Crippen LogP contribution >= 0.6 is 0 Å². The highest BCUT2D eigenvalue weighted by atomic mass is 16.6. The average Bonchev–Trinajstić information content (AvgIpc) is 2.92. The third kappa shape index (κ3) is 2.22. The first kappa shape index (κ1) is 16.6. The summed E-state index contributed by atoms with van der Waals surface area (Å²) in [5.74, 6) is -0.243. The van der Waals surface area contributed by atoms with Crippen molar-refractivity contribution in [3.63, 3.8) is 0 Å². The van der Waals surface area contributed by atoms with Crippen molar-refractivity contribution < 1.29 is 9.53 Å². The van der Waals surface area contributed by atoms with E-state index in [2.05, 4.69) is 36.9 Å². The summed E-state index contributed by atoms with van der Waals surface area (Å²) in [6.45, 7) is 9.69. The number of benzene rings is 3. The number of carbonyl (C=O) groups is 1. The zero-order chi connectivity index (χ0) is 18.5. The molecule has 0 aliphatic heterocycles. The van der Waals surface area contributed by atoms with Crippen LogP contribution in [-0.4, -0.2) is 5.97 Å². The van der Waals surface area contributed by atoms with Crippen LogP contribution in [0.3, 0.4) is 0 Å². The van der Waals surface area contributed by atoms with Gasteiger partial charge in [-0.25, -0.2) is 0 Å². The molecule has 0 aromatic heterocycles. The smallest absolute Gasteiger partial charge is 0.312 e. The van der Waals surface area contributed by atoms with Gasteiger partial charge in [0.05, 0.1) is 5.41 Å². The van der Waals surface area contributed by atoms with E-state index >= 15 is 0 Å². The summed E-state index contributed by atoms with van der Waals surface area (Å²) in [4.78, 5) is 12.9. The Kier molecular flexibility index (Phi) is 3.55. The highest BCUT2D eigenvalue weighted by Gasteiger charge is 2.46. The summed E-state index contributed by atoms with van der Waals surface area (Å²) in [7, 11) is 0. The molecule has 0 spiro atoms. The van der Waals surface area contributed by atoms with Crippen molar-refractivity contribution in [3.8, 4) is 11.1 Å². The van der Waals surface area contributed by atoms with Gasteiger partial charge in [-0.05, 0) is 48.7 Å². The molecule has 3 aromatic rings. The third-order valence-electron chi connectivity index (χ3n) is 5.07. The second kappa shape index (κ2) is 5.57. The molecule has 2 heteroatoms. The van der Waals surface area contributed by atoms with E-state index in [0.717, 1.165) is 33.0 Å². The van der Waals surface area contributed by atoms with Gasteiger partial charge in [-0.15, -0.1) is 0 Å². The van der Waals surface area contributed by atoms with Crippen molar-refractivity contribution in [1.82, 2.24) is 0 Å². The molecule has 0 amide bonds. The molecule has 2 nitrogen and oxygen atoms in total. The van der Waals surface area contributed by atoms with Crippen LogP contribution in [0.2, 0.25) is 0 Å². The second-order valence-electron chi connectivity index (χ2n) is 7.83. The number of hydrogen-bond acceptors (Lipinski definition) is 2. The molecular weight excluding hydrogens is 320 g/mol. The first-order valence-corrected chi connectivity index (χ1v) is 8.87. The van der Waals surface area contributed by atoms with Crippen LogP contribution in [-0.2, 0) is 15.1 Å². The number of fused-ring (bicyclic) bond motifs is 5. The minimum absolute atomic E-state index is 0.243. The van der Waals surface area contributed by atoms with Gasteiger partial charge in [0.25, 0.3) is 0 Å². The molecule has 0 bridgehead atoms. The van der Waals surface area contributed by atoms with Crippen LogP contribution in [0.25, 0.3) is 21.9 Å². The summed E-state index contributed by atoms with van der Waals surface area (Å²) in [6.07, 6.45) is 1.77. The standard InChI is InChI=1S/C24H22O2/c1-5-24(26-22(25)23(2,3)4)20-13-9-8-12-18(20)19-15-14-16-10-6-7-11-17(16)21(19)24/h5-15H,1H2,2-4H3. The molecule has 1 aliphatic carbocycles. The molecule has 1 unspecified atom stereocenters. The van der Waals surface area contributed by atoms with Crippen molar-refractivity contribution in [2.24, 2.45) is 5.41 Å². The minimum atomic E-state index is -0.975. The maximum atomic E-state index is 12.9. The molecule has 0 fully saturated rings. The lowest BCUT2D eigenvalue weighted by Gasteiger charge is -2.32. The summed E-state index contributed by atoms with van der Waals surface area (Å²) in [5, 5.41) is 2.21. The number of carbonyl (C=O) groups excluding carboxylic acids is 1. The first-order chi connectivity index (χ1) is 12.4. The Morgan fingerprint density at radius 2 is 1.65 bits per heavy atom. The highest BCUT2D eigenvalue weighted by Crippen LogP contribution is 2.53. The van der Waals surface area contributed by atoms with Crippen LogP contribution in [0.15, 0.2) is 73.3 Å². The predicted molar refractivity (Wildman–Crippen MR) is 106 cm³/mol. The van der Waals surface area contributed by atoms with Crippen molar-refractivity contribution in [2.75, 3.05) is 0 Å². The second-order valence-corrected chi connectivity index (χ2v) is 7.83. The van der Waals surface area contributed by atoms with Gasteiger partial charge >= 0.3 is 5.97 Å². The molecule has 0 N–H and O–H groups in total. The fourth-order valence-electron chi connectivity index (χ4n) is 3.73. The molecule has 3 aromatic carbocycles. The van der Waals surface area contributed by atoms with Crippen molar-refractivity contribution in [2.45, 2.75) is 26.4 Å². The van der Waals surface area contributed by atoms with E-state index in [0.29, 0.717) is 0 Å². The summed E-state index contributed by atoms with van der Waals surface area (Å²) < 4.78 is 6.22. The molecule has 0 heterocycles. The van der Waals surface area contributed by atoms with Crippen molar-refractivity contribution >= 4 is 16.7 Å². The lowest BCUT2D eigenvalue weighted by molar-refractivity contribution is -0.162. The maximum absolute atomic E-state index is 12.9. The van der Waals surface area contributed by atoms with Crippen LogP contribution < -0.4 is 0 Å². The summed E-state index contributed by atoms with van der Waals surface area (Å²) in [6, 6.07) is 20.6.